The van der Waals surface area contributed by atoms with E-state index < -0.39 is 0 Å². The Morgan fingerprint density at radius 2 is 2.36 bits per heavy atom. The van der Waals surface area contributed by atoms with E-state index in [4.69, 9.17) is 4.74 Å². The standard InChI is InChI=1S/C10H19N3O/c1-8(5-6-14-4)11-10-7-9(2)13(3)12-10/h7-8H,5-6H2,1-4H3,(H,11,12). The highest BCUT2D eigenvalue weighted by molar-refractivity contribution is 5.36. The topological polar surface area (TPSA) is 39.1 Å². The average molecular weight is 197 g/mol. The first-order valence-corrected chi connectivity index (χ1v) is 4.89. The number of nitrogens with zero attached hydrogens (tertiary/aromatic N) is 2. The van der Waals surface area contributed by atoms with Gasteiger partial charge in [0.25, 0.3) is 0 Å². The fraction of sp³-hybridized carbons (Fsp3) is 0.700. The van der Waals surface area contributed by atoms with Crippen molar-refractivity contribution < 1.29 is 4.74 Å². The van der Waals surface area contributed by atoms with Crippen LogP contribution in [0.3, 0.4) is 0 Å². The van der Waals surface area contributed by atoms with Crippen molar-refractivity contribution in [2.24, 2.45) is 7.05 Å². The van der Waals surface area contributed by atoms with Crippen LogP contribution in [0.2, 0.25) is 0 Å². The fourth-order valence-corrected chi connectivity index (χ4v) is 1.25. The quantitative estimate of drug-likeness (QED) is 0.778. The number of ether oxygens (including phenoxy) is 1. The molecule has 0 saturated carbocycles. The van der Waals surface area contributed by atoms with Crippen molar-refractivity contribution in [2.45, 2.75) is 26.3 Å². The minimum atomic E-state index is 0.393. The third kappa shape index (κ3) is 3.03. The Labute approximate surface area is 85.3 Å². The van der Waals surface area contributed by atoms with E-state index in [1.165, 1.54) is 0 Å². The maximum absolute atomic E-state index is 5.01. The molecule has 80 valence electrons. The summed E-state index contributed by atoms with van der Waals surface area (Å²) in [5.74, 6) is 0.939. The molecular formula is C10H19N3O. The summed E-state index contributed by atoms with van der Waals surface area (Å²) in [7, 11) is 3.66. The lowest BCUT2D eigenvalue weighted by atomic mass is 10.2. The second kappa shape index (κ2) is 5.00. The summed E-state index contributed by atoms with van der Waals surface area (Å²) in [6.07, 6.45) is 0.992. The van der Waals surface area contributed by atoms with Gasteiger partial charge in [-0.3, -0.25) is 4.68 Å². The predicted octanol–water partition coefficient (Wildman–Crippen LogP) is 1.57. The zero-order valence-electron chi connectivity index (χ0n) is 9.37. The molecule has 1 atom stereocenters. The van der Waals surface area contributed by atoms with Gasteiger partial charge in [0.2, 0.25) is 0 Å². The molecule has 1 aromatic rings. The third-order valence-electron chi connectivity index (χ3n) is 2.26. The summed E-state index contributed by atoms with van der Waals surface area (Å²) in [5, 5.41) is 7.65. The van der Waals surface area contributed by atoms with E-state index in [0.717, 1.165) is 24.5 Å². The van der Waals surface area contributed by atoms with Crippen LogP contribution < -0.4 is 5.32 Å². The lowest BCUT2D eigenvalue weighted by molar-refractivity contribution is 0.191. The van der Waals surface area contributed by atoms with Crippen molar-refractivity contribution in [1.29, 1.82) is 0 Å². The maximum atomic E-state index is 5.01. The highest BCUT2D eigenvalue weighted by atomic mass is 16.5. The molecule has 0 fully saturated rings. The molecule has 4 heteroatoms. The van der Waals surface area contributed by atoms with Gasteiger partial charge >= 0.3 is 0 Å². The molecule has 14 heavy (non-hydrogen) atoms. The molecule has 0 bridgehead atoms. The summed E-state index contributed by atoms with van der Waals surface area (Å²) in [5.41, 5.74) is 1.16. The Balaban J connectivity index is 2.43. The largest absolute Gasteiger partial charge is 0.385 e. The molecule has 1 aromatic heterocycles. The molecule has 4 nitrogen and oxygen atoms in total. The molecular weight excluding hydrogens is 178 g/mol. The van der Waals surface area contributed by atoms with Crippen molar-refractivity contribution in [3.8, 4) is 0 Å². The summed E-state index contributed by atoms with van der Waals surface area (Å²) in [4.78, 5) is 0. The van der Waals surface area contributed by atoms with Gasteiger partial charge in [0, 0.05) is 38.6 Å². The van der Waals surface area contributed by atoms with Crippen LogP contribution >= 0.6 is 0 Å². The Bertz CT molecular complexity index is 263. The maximum Gasteiger partial charge on any atom is 0.148 e. The number of anilines is 1. The molecule has 1 N–H and O–H groups in total. The first-order chi connectivity index (χ1) is 6.63. The predicted molar refractivity (Wildman–Crippen MR) is 57.5 cm³/mol. The average Bonchev–Trinajstić information content (AvgIpc) is 2.42. The summed E-state index contributed by atoms with van der Waals surface area (Å²) < 4.78 is 6.88. The molecule has 1 heterocycles. The van der Waals surface area contributed by atoms with Gasteiger partial charge in [-0.1, -0.05) is 0 Å². The molecule has 0 aliphatic carbocycles. The molecule has 0 amide bonds. The van der Waals surface area contributed by atoms with Crippen molar-refractivity contribution in [2.75, 3.05) is 19.0 Å². The molecule has 0 aromatic carbocycles. The highest BCUT2D eigenvalue weighted by Crippen LogP contribution is 2.09. The van der Waals surface area contributed by atoms with Gasteiger partial charge < -0.3 is 10.1 Å². The molecule has 0 spiro atoms. The van der Waals surface area contributed by atoms with Crippen LogP contribution in [0.25, 0.3) is 0 Å². The molecule has 1 unspecified atom stereocenters. The van der Waals surface area contributed by atoms with Crippen LogP contribution in [0.15, 0.2) is 6.07 Å². The second-order valence-electron chi connectivity index (χ2n) is 3.62. The lowest BCUT2D eigenvalue weighted by Gasteiger charge is -2.11. The molecule has 0 aliphatic rings. The summed E-state index contributed by atoms with van der Waals surface area (Å²) >= 11 is 0. The van der Waals surface area contributed by atoms with Crippen molar-refractivity contribution in [1.82, 2.24) is 9.78 Å². The number of aryl methyl sites for hydroxylation is 2. The Hall–Kier alpha value is -1.03. The number of rotatable bonds is 5. The van der Waals surface area contributed by atoms with Crippen molar-refractivity contribution in [3.63, 3.8) is 0 Å². The second-order valence-corrected chi connectivity index (χ2v) is 3.62. The van der Waals surface area contributed by atoms with E-state index in [1.54, 1.807) is 7.11 Å². The van der Waals surface area contributed by atoms with Gasteiger partial charge in [-0.05, 0) is 20.3 Å². The Kier molecular flexibility index (Phi) is 3.95. The van der Waals surface area contributed by atoms with E-state index in [9.17, 15) is 0 Å². The molecule has 0 radical (unpaired) electrons. The number of nitrogens with one attached hydrogen (secondary N) is 1. The van der Waals surface area contributed by atoms with Crippen LogP contribution in [-0.2, 0) is 11.8 Å². The number of methoxy groups -OCH3 is 1. The normalized spacial score (nSPS) is 12.9. The number of aromatic nitrogens is 2. The van der Waals surface area contributed by atoms with E-state index in [1.807, 2.05) is 24.7 Å². The summed E-state index contributed by atoms with van der Waals surface area (Å²) in [6.45, 7) is 4.95. The van der Waals surface area contributed by atoms with Crippen molar-refractivity contribution >= 4 is 5.82 Å². The number of hydrogen-bond donors (Lipinski definition) is 1. The fourth-order valence-electron chi connectivity index (χ4n) is 1.25. The first kappa shape index (κ1) is 11.0. The van der Waals surface area contributed by atoms with Gasteiger partial charge in [0.1, 0.15) is 5.82 Å². The van der Waals surface area contributed by atoms with E-state index >= 15 is 0 Å². The van der Waals surface area contributed by atoms with Crippen LogP contribution in [0.5, 0.6) is 0 Å². The van der Waals surface area contributed by atoms with Crippen LogP contribution in [0.4, 0.5) is 5.82 Å². The molecule has 1 rings (SSSR count). The zero-order chi connectivity index (χ0) is 10.6. The smallest absolute Gasteiger partial charge is 0.148 e. The van der Waals surface area contributed by atoms with Crippen LogP contribution in [0, 0.1) is 6.92 Å². The van der Waals surface area contributed by atoms with Gasteiger partial charge in [0.15, 0.2) is 0 Å². The minimum Gasteiger partial charge on any atom is -0.385 e. The van der Waals surface area contributed by atoms with E-state index in [2.05, 4.69) is 17.3 Å². The van der Waals surface area contributed by atoms with Gasteiger partial charge in [-0.2, -0.15) is 5.10 Å². The minimum absolute atomic E-state index is 0.393. The van der Waals surface area contributed by atoms with E-state index in [0.29, 0.717) is 6.04 Å². The Morgan fingerprint density at radius 3 is 2.86 bits per heavy atom. The highest BCUT2D eigenvalue weighted by Gasteiger charge is 2.05. The van der Waals surface area contributed by atoms with Crippen LogP contribution in [-0.4, -0.2) is 29.5 Å². The van der Waals surface area contributed by atoms with E-state index in [-0.39, 0.29) is 0 Å². The molecule has 0 saturated heterocycles. The SMILES string of the molecule is COCCC(C)Nc1cc(C)n(C)n1. The third-order valence-corrected chi connectivity index (χ3v) is 2.26. The van der Waals surface area contributed by atoms with Gasteiger partial charge in [-0.15, -0.1) is 0 Å². The van der Waals surface area contributed by atoms with Crippen molar-refractivity contribution in [3.05, 3.63) is 11.8 Å². The van der Waals surface area contributed by atoms with Crippen LogP contribution in [0.1, 0.15) is 19.0 Å². The Morgan fingerprint density at radius 1 is 1.64 bits per heavy atom. The summed E-state index contributed by atoms with van der Waals surface area (Å²) in [6, 6.07) is 2.44. The monoisotopic (exact) mass is 197 g/mol. The zero-order valence-corrected chi connectivity index (χ0v) is 9.37. The van der Waals surface area contributed by atoms with Gasteiger partial charge in [0.05, 0.1) is 0 Å². The molecule has 0 aliphatic heterocycles. The first-order valence-electron chi connectivity index (χ1n) is 4.89. The number of hydrogen-bond acceptors (Lipinski definition) is 3. The lowest BCUT2D eigenvalue weighted by Crippen LogP contribution is -2.17. The van der Waals surface area contributed by atoms with Gasteiger partial charge in [-0.25, -0.2) is 0 Å².